The topological polar surface area (TPSA) is 60.1 Å². The van der Waals surface area contributed by atoms with E-state index >= 15 is 0 Å². The summed E-state index contributed by atoms with van der Waals surface area (Å²) in [4.78, 5) is 11.7. The summed E-state index contributed by atoms with van der Waals surface area (Å²) in [5, 5.41) is 6.83. The molecule has 1 atom stereocenters. The highest BCUT2D eigenvalue weighted by molar-refractivity contribution is 5.91. The van der Waals surface area contributed by atoms with Gasteiger partial charge in [0.15, 0.2) is 0 Å². The second-order valence-corrected chi connectivity index (χ2v) is 4.03. The van der Waals surface area contributed by atoms with Crippen molar-refractivity contribution >= 4 is 12.0 Å². The van der Waals surface area contributed by atoms with Crippen LogP contribution in [0, 0.1) is 0 Å². The molecule has 1 unspecified atom stereocenters. The molecule has 0 aliphatic rings. The van der Waals surface area contributed by atoms with Crippen LogP contribution >= 0.6 is 0 Å². The fourth-order valence-electron chi connectivity index (χ4n) is 1.57. The van der Waals surface area contributed by atoms with Gasteiger partial charge < -0.3 is 9.73 Å². The minimum atomic E-state index is -0.164. The molecule has 1 N–H and O–H groups in total. The lowest BCUT2D eigenvalue weighted by Gasteiger charge is -2.08. The Morgan fingerprint density at radius 1 is 1.61 bits per heavy atom. The van der Waals surface area contributed by atoms with E-state index in [2.05, 4.69) is 10.4 Å². The molecule has 5 heteroatoms. The summed E-state index contributed by atoms with van der Waals surface area (Å²) < 4.78 is 6.89. The zero-order valence-corrected chi connectivity index (χ0v) is 10.3. The molecule has 2 aromatic heterocycles. The number of carbonyl (C=O) groups excluding carboxylic acids is 1. The molecule has 0 saturated carbocycles. The van der Waals surface area contributed by atoms with E-state index in [0.29, 0.717) is 0 Å². The molecule has 1 amide bonds. The van der Waals surface area contributed by atoms with Crippen LogP contribution in [0.5, 0.6) is 0 Å². The van der Waals surface area contributed by atoms with Crippen LogP contribution in [0.1, 0.15) is 24.3 Å². The number of nitrogens with one attached hydrogen (secondary N) is 1. The summed E-state index contributed by atoms with van der Waals surface area (Å²) in [7, 11) is 1.83. The fourth-order valence-corrected chi connectivity index (χ4v) is 1.57. The van der Waals surface area contributed by atoms with Gasteiger partial charge in [0.2, 0.25) is 5.91 Å². The molecule has 2 heterocycles. The maximum Gasteiger partial charge on any atom is 0.244 e. The molecule has 18 heavy (non-hydrogen) atoms. The largest absolute Gasteiger partial charge is 0.467 e. The second-order valence-electron chi connectivity index (χ2n) is 4.03. The first-order valence-corrected chi connectivity index (χ1v) is 5.66. The molecular weight excluding hydrogens is 230 g/mol. The number of hydrogen-bond acceptors (Lipinski definition) is 3. The molecule has 0 aliphatic carbocycles. The third-order valence-electron chi connectivity index (χ3n) is 2.48. The van der Waals surface area contributed by atoms with Gasteiger partial charge in [0.05, 0.1) is 18.5 Å². The lowest BCUT2D eigenvalue weighted by Crippen LogP contribution is -2.24. The monoisotopic (exact) mass is 245 g/mol. The van der Waals surface area contributed by atoms with Gasteiger partial charge in [0.1, 0.15) is 5.76 Å². The number of aryl methyl sites for hydroxylation is 1. The van der Waals surface area contributed by atoms with Crippen LogP contribution in [-0.2, 0) is 11.8 Å². The Bertz CT molecular complexity index is 540. The Kier molecular flexibility index (Phi) is 3.62. The van der Waals surface area contributed by atoms with Gasteiger partial charge in [-0.05, 0) is 25.1 Å². The maximum atomic E-state index is 11.7. The zero-order chi connectivity index (χ0) is 13.0. The quantitative estimate of drug-likeness (QED) is 0.837. The van der Waals surface area contributed by atoms with Crippen LogP contribution < -0.4 is 5.32 Å². The molecular formula is C13H15N3O2. The van der Waals surface area contributed by atoms with Gasteiger partial charge in [-0.2, -0.15) is 5.10 Å². The third kappa shape index (κ3) is 3.10. The van der Waals surface area contributed by atoms with Crippen LogP contribution in [0.15, 0.2) is 41.3 Å². The van der Waals surface area contributed by atoms with Crippen molar-refractivity contribution in [2.24, 2.45) is 7.05 Å². The Balaban J connectivity index is 1.91. The van der Waals surface area contributed by atoms with Gasteiger partial charge in [0.25, 0.3) is 0 Å². The second kappa shape index (κ2) is 5.35. The highest BCUT2D eigenvalue weighted by Crippen LogP contribution is 2.11. The van der Waals surface area contributed by atoms with Gasteiger partial charge >= 0.3 is 0 Å². The van der Waals surface area contributed by atoms with Crippen LogP contribution in [0.3, 0.4) is 0 Å². The van der Waals surface area contributed by atoms with Gasteiger partial charge in [-0.25, -0.2) is 0 Å². The summed E-state index contributed by atoms with van der Waals surface area (Å²) in [5.74, 6) is 0.570. The Labute approximate surface area is 105 Å². The van der Waals surface area contributed by atoms with Gasteiger partial charge in [-0.1, -0.05) is 0 Å². The molecule has 0 fully saturated rings. The molecule has 0 spiro atoms. The number of carbonyl (C=O) groups is 1. The summed E-state index contributed by atoms with van der Waals surface area (Å²) in [5.41, 5.74) is 0.887. The first kappa shape index (κ1) is 12.2. The van der Waals surface area contributed by atoms with Gasteiger partial charge in [0, 0.05) is 24.9 Å². The van der Waals surface area contributed by atoms with E-state index in [1.165, 1.54) is 6.08 Å². The van der Waals surface area contributed by atoms with Crippen LogP contribution in [0.4, 0.5) is 0 Å². The van der Waals surface area contributed by atoms with Crippen LogP contribution in [0.25, 0.3) is 6.08 Å². The average molecular weight is 245 g/mol. The maximum absolute atomic E-state index is 11.7. The molecule has 5 nitrogen and oxygen atoms in total. The van der Waals surface area contributed by atoms with E-state index < -0.39 is 0 Å². The number of aromatic nitrogens is 2. The lowest BCUT2D eigenvalue weighted by atomic mass is 10.2. The normalized spacial score (nSPS) is 12.8. The van der Waals surface area contributed by atoms with E-state index in [0.717, 1.165) is 11.3 Å². The molecule has 0 aromatic carbocycles. The van der Waals surface area contributed by atoms with E-state index in [1.54, 1.807) is 29.3 Å². The smallest absolute Gasteiger partial charge is 0.244 e. The number of rotatable bonds is 4. The van der Waals surface area contributed by atoms with Crippen molar-refractivity contribution in [2.75, 3.05) is 0 Å². The minimum Gasteiger partial charge on any atom is -0.467 e. The minimum absolute atomic E-state index is 0.147. The van der Waals surface area contributed by atoms with Crippen molar-refractivity contribution in [1.82, 2.24) is 15.1 Å². The number of nitrogens with zero attached hydrogens (tertiary/aromatic N) is 2. The van der Waals surface area contributed by atoms with E-state index in [4.69, 9.17) is 4.42 Å². The summed E-state index contributed by atoms with van der Waals surface area (Å²) >= 11 is 0. The van der Waals surface area contributed by atoms with Crippen LogP contribution in [-0.4, -0.2) is 15.7 Å². The predicted molar refractivity (Wildman–Crippen MR) is 67.5 cm³/mol. The first-order valence-electron chi connectivity index (χ1n) is 5.66. The Hall–Kier alpha value is -2.30. The number of furan rings is 1. The number of hydrogen-bond donors (Lipinski definition) is 1. The van der Waals surface area contributed by atoms with Gasteiger partial charge in [-0.15, -0.1) is 0 Å². The molecule has 0 bridgehead atoms. The van der Waals surface area contributed by atoms with Crippen molar-refractivity contribution in [1.29, 1.82) is 0 Å². The Morgan fingerprint density at radius 3 is 3.06 bits per heavy atom. The van der Waals surface area contributed by atoms with Crippen molar-refractivity contribution < 1.29 is 9.21 Å². The molecule has 0 saturated heterocycles. The lowest BCUT2D eigenvalue weighted by molar-refractivity contribution is -0.117. The third-order valence-corrected chi connectivity index (χ3v) is 2.48. The molecule has 94 valence electrons. The van der Waals surface area contributed by atoms with Gasteiger partial charge in [-0.3, -0.25) is 9.48 Å². The number of amides is 1. The molecule has 0 aliphatic heterocycles. The molecule has 2 rings (SSSR count). The first-order chi connectivity index (χ1) is 8.65. The molecule has 2 aromatic rings. The van der Waals surface area contributed by atoms with E-state index in [-0.39, 0.29) is 11.9 Å². The highest BCUT2D eigenvalue weighted by Gasteiger charge is 2.09. The summed E-state index contributed by atoms with van der Waals surface area (Å²) in [6.07, 6.45) is 8.32. The SMILES string of the molecule is CC(NC(=O)C=Cc1cnn(C)c1)c1ccco1. The Morgan fingerprint density at radius 2 is 2.44 bits per heavy atom. The van der Waals surface area contributed by atoms with Crippen molar-refractivity contribution in [3.05, 3.63) is 48.2 Å². The van der Waals surface area contributed by atoms with E-state index in [9.17, 15) is 4.79 Å². The summed E-state index contributed by atoms with van der Waals surface area (Å²) in [6, 6.07) is 3.48. The van der Waals surface area contributed by atoms with Crippen LogP contribution in [0.2, 0.25) is 0 Å². The van der Waals surface area contributed by atoms with Crippen molar-refractivity contribution in [3.63, 3.8) is 0 Å². The highest BCUT2D eigenvalue weighted by atomic mass is 16.3. The predicted octanol–water partition coefficient (Wildman–Crippen LogP) is 1.90. The van der Waals surface area contributed by atoms with Crippen molar-refractivity contribution in [2.45, 2.75) is 13.0 Å². The standard InChI is InChI=1S/C13H15N3O2/c1-10(12-4-3-7-18-12)15-13(17)6-5-11-8-14-16(2)9-11/h3-10H,1-2H3,(H,15,17). The summed E-state index contributed by atoms with van der Waals surface area (Å²) in [6.45, 7) is 1.87. The molecule has 0 radical (unpaired) electrons. The zero-order valence-electron chi connectivity index (χ0n) is 10.3. The van der Waals surface area contributed by atoms with Crippen molar-refractivity contribution in [3.8, 4) is 0 Å². The average Bonchev–Trinajstić information content (AvgIpc) is 2.97. The fraction of sp³-hybridized carbons (Fsp3) is 0.231. The van der Waals surface area contributed by atoms with E-state index in [1.807, 2.05) is 26.2 Å².